The molecule has 376 valence electrons. The van der Waals surface area contributed by atoms with Crippen LogP contribution in [0.1, 0.15) is 102 Å². The number of benzene rings is 4. The van der Waals surface area contributed by atoms with Crippen LogP contribution in [-0.2, 0) is 39.1 Å². The van der Waals surface area contributed by atoms with Crippen LogP contribution in [0.5, 0.6) is 5.75 Å². The highest BCUT2D eigenvalue weighted by Gasteiger charge is 2.32. The van der Waals surface area contributed by atoms with Gasteiger partial charge in [-0.3, -0.25) is 39.4 Å². The minimum absolute atomic E-state index is 0.0988. The number of amides is 4. The summed E-state index contributed by atoms with van der Waals surface area (Å²) in [6.45, 7) is 11.0. The molecule has 3 aromatic heterocycles. The molecule has 6 heterocycles. The van der Waals surface area contributed by atoms with E-state index in [1.165, 1.54) is 11.3 Å². The fourth-order valence-electron chi connectivity index (χ4n) is 10.2. The molecule has 2 saturated heterocycles. The number of piperidine rings is 2. The van der Waals surface area contributed by atoms with Crippen molar-refractivity contribution in [1.29, 1.82) is 0 Å². The van der Waals surface area contributed by atoms with Crippen molar-refractivity contribution < 1.29 is 33.4 Å². The lowest BCUT2D eigenvalue weighted by molar-refractivity contribution is -0.134. The summed E-state index contributed by atoms with van der Waals surface area (Å²) in [5.41, 5.74) is 7.29. The number of ether oxygens (including phenoxy) is 2. The monoisotopic (exact) mass is 1000 g/mol. The lowest BCUT2D eigenvalue weighted by Gasteiger charge is -2.31. The fourth-order valence-corrected chi connectivity index (χ4v) is 11.1. The van der Waals surface area contributed by atoms with E-state index in [0.29, 0.717) is 71.9 Å². The maximum absolute atomic E-state index is 14.1. The highest BCUT2D eigenvalue weighted by atomic mass is 32.1. The molecular weight excluding hydrogens is 943 g/mol. The molecule has 73 heavy (non-hydrogen) atoms. The molecule has 0 bridgehead atoms. The van der Waals surface area contributed by atoms with Crippen molar-refractivity contribution in [3.63, 3.8) is 0 Å². The minimum Gasteiger partial charge on any atom is -0.493 e. The highest BCUT2D eigenvalue weighted by Crippen LogP contribution is 2.37. The summed E-state index contributed by atoms with van der Waals surface area (Å²) in [6, 6.07) is 28.9. The molecule has 7 aromatic rings. The Bertz CT molecular complexity index is 3260. The van der Waals surface area contributed by atoms with Crippen LogP contribution in [0.25, 0.3) is 32.2 Å². The molecule has 1 unspecified atom stereocenters. The molecule has 10 rings (SSSR count). The smallest absolute Gasteiger partial charge is 0.358 e. The first-order valence-corrected chi connectivity index (χ1v) is 25.8. The van der Waals surface area contributed by atoms with Crippen molar-refractivity contribution in [3.8, 4) is 16.9 Å². The summed E-state index contributed by atoms with van der Waals surface area (Å²) in [4.78, 5) is 79.2. The van der Waals surface area contributed by atoms with Gasteiger partial charge in [-0.25, -0.2) is 14.8 Å². The van der Waals surface area contributed by atoms with Crippen LogP contribution >= 0.6 is 11.3 Å². The van der Waals surface area contributed by atoms with E-state index < -0.39 is 17.5 Å². The molecule has 3 N–H and O–H groups in total. The van der Waals surface area contributed by atoms with Crippen molar-refractivity contribution in [2.24, 2.45) is 13.0 Å². The summed E-state index contributed by atoms with van der Waals surface area (Å²) in [7, 11) is 1.81. The zero-order valence-electron chi connectivity index (χ0n) is 41.7. The molecular formula is C56H59N9O7S. The van der Waals surface area contributed by atoms with Crippen molar-refractivity contribution in [3.05, 3.63) is 125 Å². The number of nitrogens with one attached hydrogen (secondary N) is 3. The number of pyridine rings is 1. The number of esters is 1. The summed E-state index contributed by atoms with van der Waals surface area (Å²) in [5, 5.41) is 14.5. The van der Waals surface area contributed by atoms with Crippen LogP contribution in [-0.4, -0.2) is 92.6 Å². The number of hydrogen-bond acceptors (Lipinski definition) is 13. The zero-order chi connectivity index (χ0) is 51.0. The second-order valence-corrected chi connectivity index (χ2v) is 21.2. The topological polar surface area (TPSA) is 190 Å². The number of hydrogen-bond donors (Lipinski definition) is 3. The van der Waals surface area contributed by atoms with E-state index in [0.717, 1.165) is 81.5 Å². The van der Waals surface area contributed by atoms with Gasteiger partial charge in [0.2, 0.25) is 17.7 Å². The van der Waals surface area contributed by atoms with E-state index in [4.69, 9.17) is 14.5 Å². The second-order valence-electron chi connectivity index (χ2n) is 20.2. The van der Waals surface area contributed by atoms with E-state index >= 15 is 0 Å². The number of anilines is 3. The van der Waals surface area contributed by atoms with Crippen LogP contribution in [0.2, 0.25) is 0 Å². The summed E-state index contributed by atoms with van der Waals surface area (Å²) < 4.78 is 15.1. The number of carbonyl (C=O) groups excluding carboxylic acids is 5. The quantitative estimate of drug-likeness (QED) is 0.0736. The Morgan fingerprint density at radius 2 is 1.67 bits per heavy atom. The predicted octanol–water partition coefficient (Wildman–Crippen LogP) is 8.96. The molecule has 3 aliphatic heterocycles. The number of carbonyl (C=O) groups is 5. The van der Waals surface area contributed by atoms with Crippen molar-refractivity contribution >= 4 is 78.7 Å². The number of aryl methyl sites for hydroxylation is 1. The Labute approximate surface area is 427 Å². The maximum atomic E-state index is 14.1. The van der Waals surface area contributed by atoms with Gasteiger partial charge in [-0.05, 0) is 156 Å². The first kappa shape index (κ1) is 49.1. The van der Waals surface area contributed by atoms with Gasteiger partial charge in [-0.1, -0.05) is 47.7 Å². The number of aromatic nitrogens is 4. The Morgan fingerprint density at radius 1 is 0.863 bits per heavy atom. The summed E-state index contributed by atoms with van der Waals surface area (Å²) in [6.07, 6.45) is 4.13. The lowest BCUT2D eigenvalue weighted by Crippen LogP contribution is -2.39. The second kappa shape index (κ2) is 20.5. The molecule has 0 spiro atoms. The van der Waals surface area contributed by atoms with Crippen LogP contribution in [0.3, 0.4) is 0 Å². The number of likely N-dealkylation sites (tertiary alicyclic amines) is 1. The number of imide groups is 1. The average molecular weight is 1000 g/mol. The average Bonchev–Trinajstić information content (AvgIpc) is 3.93. The van der Waals surface area contributed by atoms with Crippen LogP contribution in [0, 0.1) is 12.8 Å². The van der Waals surface area contributed by atoms with Gasteiger partial charge >= 0.3 is 5.97 Å². The number of fused-ring (bicyclic) bond motifs is 3. The first-order valence-electron chi connectivity index (χ1n) is 25.0. The Balaban J connectivity index is 0.760. The van der Waals surface area contributed by atoms with E-state index in [1.807, 2.05) is 113 Å². The lowest BCUT2D eigenvalue weighted by atomic mass is 9.93. The van der Waals surface area contributed by atoms with Gasteiger partial charge in [0.05, 0.1) is 40.5 Å². The highest BCUT2D eigenvalue weighted by molar-refractivity contribution is 7.22. The predicted molar refractivity (Wildman–Crippen MR) is 282 cm³/mol. The molecule has 16 nitrogen and oxygen atoms in total. The van der Waals surface area contributed by atoms with Crippen LogP contribution in [0.4, 0.5) is 16.6 Å². The van der Waals surface area contributed by atoms with Crippen LogP contribution in [0.15, 0.2) is 91.0 Å². The molecule has 3 aliphatic rings. The normalized spacial score (nSPS) is 16.6. The first-order chi connectivity index (χ1) is 35.1. The van der Waals surface area contributed by atoms with E-state index in [1.54, 1.807) is 11.7 Å². The third-order valence-corrected chi connectivity index (χ3v) is 14.9. The largest absolute Gasteiger partial charge is 0.493 e. The van der Waals surface area contributed by atoms with Gasteiger partial charge in [-0.2, -0.15) is 5.10 Å². The van der Waals surface area contributed by atoms with E-state index in [2.05, 4.69) is 41.9 Å². The molecule has 4 amide bonds. The van der Waals surface area contributed by atoms with Crippen molar-refractivity contribution in [2.75, 3.05) is 48.3 Å². The summed E-state index contributed by atoms with van der Waals surface area (Å²) in [5.74, 6) is -0.163. The molecule has 0 aliphatic carbocycles. The molecule has 1 atom stereocenters. The van der Waals surface area contributed by atoms with Gasteiger partial charge in [0.1, 0.15) is 17.2 Å². The van der Waals surface area contributed by atoms with Gasteiger partial charge in [-0.15, -0.1) is 0 Å². The Kier molecular flexibility index (Phi) is 13.8. The van der Waals surface area contributed by atoms with E-state index in [9.17, 15) is 24.0 Å². The molecule has 2 fully saturated rings. The van der Waals surface area contributed by atoms with Gasteiger partial charge in [0.15, 0.2) is 10.8 Å². The van der Waals surface area contributed by atoms with E-state index in [-0.39, 0.29) is 42.3 Å². The fraction of sp³-hybridized carbons (Fsp3) is 0.357. The van der Waals surface area contributed by atoms with Gasteiger partial charge in [0, 0.05) is 48.8 Å². The van der Waals surface area contributed by atoms with Crippen LogP contribution < -0.4 is 25.6 Å². The van der Waals surface area contributed by atoms with Crippen molar-refractivity contribution in [2.45, 2.75) is 84.3 Å². The third kappa shape index (κ3) is 10.8. The molecule has 4 aromatic carbocycles. The zero-order valence-corrected chi connectivity index (χ0v) is 42.6. The Morgan fingerprint density at radius 3 is 2.47 bits per heavy atom. The third-order valence-electron chi connectivity index (χ3n) is 14.0. The number of thiazole rings is 1. The number of nitrogens with zero attached hydrogens (tertiary/aromatic N) is 6. The number of rotatable bonds is 13. The molecule has 0 radical (unpaired) electrons. The standard InChI is InChI=1S/C56H59N9O7S/c1-33-37(11-9-14-45(33)71-29-25-34-22-26-64(27-23-34)32-49(67)57-36-16-17-40-44(30-36)63(5)62-50(40)41-19-21-48(66)60-53(41)69)38-18-20-47(59-51(38)54(70)72-56(2,3)4)65-28-24-35-10-8-12-39(42(35)31-65)52(68)61-55-58-43-13-6-7-15-46(43)73-55/h6-18,20,30,34,41H,19,21-29,31-32H2,1-5H3,(H,57,67)(H,58,61,68)(H,60,66,69). The molecule has 17 heteroatoms. The SMILES string of the molecule is Cc1c(OCCC2CCN(CC(=O)Nc3ccc4c(C5CCC(=O)NC5=O)nn(C)c4c3)CC2)cccc1-c1ccc(N2CCc3cccc(C(=O)Nc4nc5ccccc5s4)c3C2)nc1C(=O)OC(C)(C)C. The number of para-hydroxylation sites is 1. The summed E-state index contributed by atoms with van der Waals surface area (Å²) >= 11 is 1.44. The Hall–Kier alpha value is -7.50. The van der Waals surface area contributed by atoms with Gasteiger partial charge in [0.25, 0.3) is 5.91 Å². The van der Waals surface area contributed by atoms with Gasteiger partial charge < -0.3 is 19.7 Å². The molecule has 0 saturated carbocycles. The minimum atomic E-state index is -0.755. The maximum Gasteiger partial charge on any atom is 0.358 e. The van der Waals surface area contributed by atoms with Crippen molar-refractivity contribution in [1.82, 2.24) is 30.0 Å².